The van der Waals surface area contributed by atoms with Crippen molar-refractivity contribution in [3.8, 4) is 0 Å². The number of nitrogens with one attached hydrogen (secondary N) is 1. The van der Waals surface area contributed by atoms with E-state index in [9.17, 15) is 0 Å². The van der Waals surface area contributed by atoms with E-state index in [1.54, 1.807) is 7.11 Å². The molecule has 0 spiro atoms. The van der Waals surface area contributed by atoms with Crippen molar-refractivity contribution in [3.63, 3.8) is 0 Å². The molecular formula is C10H22N2O3. The van der Waals surface area contributed by atoms with E-state index < -0.39 is 0 Å². The van der Waals surface area contributed by atoms with E-state index in [4.69, 9.17) is 20.1 Å². The number of methoxy groups -OCH3 is 1. The molecule has 1 saturated heterocycles. The lowest BCUT2D eigenvalue weighted by atomic mass is 9.86. The molecule has 90 valence electrons. The Morgan fingerprint density at radius 3 is 2.60 bits per heavy atom. The van der Waals surface area contributed by atoms with Crippen molar-refractivity contribution in [2.24, 2.45) is 5.84 Å². The van der Waals surface area contributed by atoms with Crippen molar-refractivity contribution in [3.05, 3.63) is 0 Å². The van der Waals surface area contributed by atoms with E-state index in [-0.39, 0.29) is 11.6 Å². The predicted molar refractivity (Wildman–Crippen MR) is 57.4 cm³/mol. The van der Waals surface area contributed by atoms with Crippen LogP contribution in [0.1, 0.15) is 19.8 Å². The van der Waals surface area contributed by atoms with Crippen LogP contribution in [-0.4, -0.2) is 45.2 Å². The minimum absolute atomic E-state index is 0.0198. The van der Waals surface area contributed by atoms with E-state index in [1.807, 2.05) is 6.92 Å². The summed E-state index contributed by atoms with van der Waals surface area (Å²) in [6.45, 7) is 4.67. The Labute approximate surface area is 91.2 Å². The van der Waals surface area contributed by atoms with Crippen LogP contribution in [0.25, 0.3) is 0 Å². The number of rotatable bonds is 6. The van der Waals surface area contributed by atoms with Gasteiger partial charge in [-0.15, -0.1) is 0 Å². The van der Waals surface area contributed by atoms with Gasteiger partial charge in [-0.3, -0.25) is 11.3 Å². The van der Waals surface area contributed by atoms with Crippen LogP contribution in [0.3, 0.4) is 0 Å². The molecule has 1 rings (SSSR count). The lowest BCUT2D eigenvalue weighted by Crippen LogP contribution is -2.59. The Balaban J connectivity index is 2.58. The van der Waals surface area contributed by atoms with Gasteiger partial charge in [0.25, 0.3) is 0 Å². The van der Waals surface area contributed by atoms with Crippen LogP contribution in [0.4, 0.5) is 0 Å². The second-order valence-corrected chi connectivity index (χ2v) is 3.76. The van der Waals surface area contributed by atoms with Crippen LogP contribution in [0.15, 0.2) is 0 Å². The molecule has 0 amide bonds. The maximum absolute atomic E-state index is 5.63. The SMILES string of the molecule is CCOCC(NN)C1(OC)CCOCC1. The Kier molecular flexibility index (Phi) is 5.49. The molecule has 5 heteroatoms. The molecule has 1 aliphatic rings. The smallest absolute Gasteiger partial charge is 0.0910 e. The van der Waals surface area contributed by atoms with Gasteiger partial charge < -0.3 is 14.2 Å². The van der Waals surface area contributed by atoms with Crippen molar-refractivity contribution < 1.29 is 14.2 Å². The average Bonchev–Trinajstić information content (AvgIpc) is 2.31. The summed E-state index contributed by atoms with van der Waals surface area (Å²) >= 11 is 0. The molecule has 15 heavy (non-hydrogen) atoms. The first kappa shape index (κ1) is 12.9. The number of nitrogens with two attached hydrogens (primary N) is 1. The second kappa shape index (κ2) is 6.40. The highest BCUT2D eigenvalue weighted by atomic mass is 16.5. The molecule has 1 fully saturated rings. The van der Waals surface area contributed by atoms with Crippen LogP contribution < -0.4 is 11.3 Å². The Bertz CT molecular complexity index is 172. The zero-order valence-electron chi connectivity index (χ0n) is 9.62. The molecular weight excluding hydrogens is 196 g/mol. The van der Waals surface area contributed by atoms with Gasteiger partial charge in [0.15, 0.2) is 0 Å². The molecule has 1 atom stereocenters. The van der Waals surface area contributed by atoms with Crippen molar-refractivity contribution in [1.29, 1.82) is 0 Å². The Morgan fingerprint density at radius 2 is 2.13 bits per heavy atom. The summed E-state index contributed by atoms with van der Waals surface area (Å²) < 4.78 is 16.4. The molecule has 0 aromatic rings. The zero-order chi connectivity index (χ0) is 11.1. The minimum atomic E-state index is -0.248. The fraction of sp³-hybridized carbons (Fsp3) is 1.00. The molecule has 0 aromatic carbocycles. The van der Waals surface area contributed by atoms with Gasteiger partial charge in [-0.25, -0.2) is 0 Å². The molecule has 1 heterocycles. The number of hydrogen-bond acceptors (Lipinski definition) is 5. The fourth-order valence-electron chi connectivity index (χ4n) is 2.00. The third-order valence-corrected chi connectivity index (χ3v) is 3.07. The van der Waals surface area contributed by atoms with Crippen molar-refractivity contribution in [1.82, 2.24) is 5.43 Å². The molecule has 5 nitrogen and oxygen atoms in total. The Morgan fingerprint density at radius 1 is 1.47 bits per heavy atom. The van der Waals surface area contributed by atoms with Gasteiger partial charge in [-0.05, 0) is 6.92 Å². The van der Waals surface area contributed by atoms with E-state index in [0.29, 0.717) is 13.2 Å². The third kappa shape index (κ3) is 3.12. The van der Waals surface area contributed by atoms with Crippen LogP contribution >= 0.6 is 0 Å². The van der Waals surface area contributed by atoms with Crippen molar-refractivity contribution in [2.75, 3.05) is 33.5 Å². The molecule has 0 aliphatic carbocycles. The highest BCUT2D eigenvalue weighted by molar-refractivity contribution is 4.94. The van der Waals surface area contributed by atoms with Gasteiger partial charge in [-0.2, -0.15) is 0 Å². The maximum atomic E-state index is 5.63. The third-order valence-electron chi connectivity index (χ3n) is 3.07. The highest BCUT2D eigenvalue weighted by Gasteiger charge is 2.40. The summed E-state index contributed by atoms with van der Waals surface area (Å²) in [5, 5.41) is 0. The van der Waals surface area contributed by atoms with Crippen LogP contribution in [0.5, 0.6) is 0 Å². The summed E-state index contributed by atoms with van der Waals surface area (Å²) in [6, 6.07) is 0.0198. The first-order chi connectivity index (χ1) is 7.29. The molecule has 0 bridgehead atoms. The van der Waals surface area contributed by atoms with Crippen molar-refractivity contribution in [2.45, 2.75) is 31.4 Å². The first-order valence-corrected chi connectivity index (χ1v) is 5.46. The summed E-state index contributed by atoms with van der Waals surface area (Å²) in [6.07, 6.45) is 1.71. The van der Waals surface area contributed by atoms with Crippen molar-refractivity contribution >= 4 is 0 Å². The first-order valence-electron chi connectivity index (χ1n) is 5.46. The standard InChI is InChI=1S/C10H22N2O3/c1-3-14-8-9(12-11)10(13-2)4-6-15-7-5-10/h9,12H,3-8,11H2,1-2H3. The summed E-state index contributed by atoms with van der Waals surface area (Å²) in [5.41, 5.74) is 2.54. The average molecular weight is 218 g/mol. The normalized spacial score (nSPS) is 22.6. The minimum Gasteiger partial charge on any atom is -0.381 e. The van der Waals surface area contributed by atoms with Gasteiger partial charge in [0.1, 0.15) is 0 Å². The van der Waals surface area contributed by atoms with Gasteiger partial charge in [0.2, 0.25) is 0 Å². The van der Waals surface area contributed by atoms with Crippen LogP contribution in [0, 0.1) is 0 Å². The van der Waals surface area contributed by atoms with Crippen LogP contribution in [-0.2, 0) is 14.2 Å². The molecule has 0 saturated carbocycles. The van der Waals surface area contributed by atoms with Gasteiger partial charge in [0, 0.05) is 39.8 Å². The zero-order valence-corrected chi connectivity index (χ0v) is 9.62. The van der Waals surface area contributed by atoms with E-state index >= 15 is 0 Å². The molecule has 1 aliphatic heterocycles. The second-order valence-electron chi connectivity index (χ2n) is 3.76. The van der Waals surface area contributed by atoms with Gasteiger partial charge in [0.05, 0.1) is 18.2 Å². The van der Waals surface area contributed by atoms with E-state index in [0.717, 1.165) is 26.1 Å². The lowest BCUT2D eigenvalue weighted by molar-refractivity contribution is -0.122. The quantitative estimate of drug-likeness (QED) is 0.487. The number of hydrazine groups is 1. The van der Waals surface area contributed by atoms with Crippen LogP contribution in [0.2, 0.25) is 0 Å². The molecule has 3 N–H and O–H groups in total. The monoisotopic (exact) mass is 218 g/mol. The fourth-order valence-corrected chi connectivity index (χ4v) is 2.00. The number of hydrogen-bond donors (Lipinski definition) is 2. The molecule has 1 unspecified atom stereocenters. The van der Waals surface area contributed by atoms with E-state index in [1.165, 1.54) is 0 Å². The predicted octanol–water partition coefficient (Wildman–Crippen LogP) is 0.0504. The van der Waals surface area contributed by atoms with Gasteiger partial charge >= 0.3 is 0 Å². The van der Waals surface area contributed by atoms with E-state index in [2.05, 4.69) is 5.43 Å². The summed E-state index contributed by atoms with van der Waals surface area (Å²) in [7, 11) is 1.72. The maximum Gasteiger partial charge on any atom is 0.0910 e. The molecule has 0 aromatic heterocycles. The summed E-state index contributed by atoms with van der Waals surface area (Å²) in [4.78, 5) is 0. The number of ether oxygens (including phenoxy) is 3. The molecule has 0 radical (unpaired) electrons. The largest absolute Gasteiger partial charge is 0.381 e. The highest BCUT2D eigenvalue weighted by Crippen LogP contribution is 2.28. The van der Waals surface area contributed by atoms with Gasteiger partial charge in [-0.1, -0.05) is 0 Å². The lowest BCUT2D eigenvalue weighted by Gasteiger charge is -2.41. The topological polar surface area (TPSA) is 65.7 Å². The Hall–Kier alpha value is -0.200. The summed E-state index contributed by atoms with van der Waals surface area (Å²) in [5.74, 6) is 5.55.